The van der Waals surface area contributed by atoms with E-state index >= 15 is 0 Å². The Morgan fingerprint density at radius 3 is 2.12 bits per heavy atom. The Hall–Kier alpha value is -4.51. The Balaban J connectivity index is 1.36. The predicted molar refractivity (Wildman–Crippen MR) is 164 cm³/mol. The summed E-state index contributed by atoms with van der Waals surface area (Å²) in [4.78, 5) is 22.4. The topological polar surface area (TPSA) is 68.0 Å². The van der Waals surface area contributed by atoms with E-state index in [4.69, 9.17) is 9.97 Å². The molecule has 5 aromatic rings. The molecule has 0 atom stereocenters. The summed E-state index contributed by atoms with van der Waals surface area (Å²) in [5.74, 6) is 0.181. The third-order valence-electron chi connectivity index (χ3n) is 8.62. The van der Waals surface area contributed by atoms with Gasteiger partial charge in [-0.15, -0.1) is 0 Å². The van der Waals surface area contributed by atoms with Crippen molar-refractivity contribution in [3.05, 3.63) is 136 Å². The minimum atomic E-state index is -0.839. The molecule has 3 aromatic carbocycles. The smallest absolute Gasteiger partial charge is 0.331 e. The lowest BCUT2D eigenvalue weighted by Crippen LogP contribution is -2.33. The standard InChI is InChI=1S/C36H35N3O2/c1-4-32-38-33-24(2)21-25(3)37-34(33)39(32)23-26-15-17-27(18-16-26)30-19-20-36(22-31(30)35(40)41,28-11-7-5-8-12-28)29-13-9-6-10-14-29/h5-18,21H,4,19-20,22-23H2,1-3H3,(H,40,41). The van der Waals surface area contributed by atoms with Gasteiger partial charge in [-0.2, -0.15) is 0 Å². The van der Waals surface area contributed by atoms with Crippen LogP contribution in [0, 0.1) is 13.8 Å². The first-order chi connectivity index (χ1) is 19.9. The average Bonchev–Trinajstić information content (AvgIpc) is 3.35. The number of benzene rings is 3. The monoisotopic (exact) mass is 541 g/mol. The average molecular weight is 542 g/mol. The molecule has 5 nitrogen and oxygen atoms in total. The zero-order valence-electron chi connectivity index (χ0n) is 23.9. The van der Waals surface area contributed by atoms with E-state index in [1.165, 1.54) is 0 Å². The Morgan fingerprint density at radius 1 is 0.902 bits per heavy atom. The second-order valence-electron chi connectivity index (χ2n) is 11.2. The minimum absolute atomic E-state index is 0.373. The number of nitrogens with zero attached hydrogens (tertiary/aromatic N) is 3. The summed E-state index contributed by atoms with van der Waals surface area (Å²) in [6.07, 6.45) is 2.82. The van der Waals surface area contributed by atoms with Crippen LogP contribution in [-0.4, -0.2) is 25.6 Å². The van der Waals surface area contributed by atoms with Crippen molar-refractivity contribution in [2.24, 2.45) is 0 Å². The van der Waals surface area contributed by atoms with Crippen LogP contribution in [0.15, 0.2) is 96.6 Å². The zero-order valence-corrected chi connectivity index (χ0v) is 23.9. The number of imidazole rings is 1. The molecule has 0 saturated carbocycles. The SMILES string of the molecule is CCc1nc2c(C)cc(C)nc2n1Cc1ccc(C2=C(C(=O)O)CC(c3ccccc3)(c3ccccc3)CC2)cc1. The van der Waals surface area contributed by atoms with Crippen molar-refractivity contribution in [1.82, 2.24) is 14.5 Å². The number of carboxylic acid groups (broad SMARTS) is 1. The Bertz CT molecular complexity index is 1710. The van der Waals surface area contributed by atoms with E-state index in [2.05, 4.69) is 73.0 Å². The van der Waals surface area contributed by atoms with Crippen molar-refractivity contribution in [3.63, 3.8) is 0 Å². The molecule has 0 unspecified atom stereocenters. The van der Waals surface area contributed by atoms with Gasteiger partial charge in [0.25, 0.3) is 0 Å². The summed E-state index contributed by atoms with van der Waals surface area (Å²) >= 11 is 0. The number of hydrogen-bond acceptors (Lipinski definition) is 3. The van der Waals surface area contributed by atoms with Gasteiger partial charge in [0.1, 0.15) is 11.3 Å². The number of fused-ring (bicyclic) bond motifs is 1. The molecule has 0 fully saturated rings. The second-order valence-corrected chi connectivity index (χ2v) is 11.2. The van der Waals surface area contributed by atoms with Crippen LogP contribution in [0.5, 0.6) is 0 Å². The highest BCUT2D eigenvalue weighted by Gasteiger charge is 2.40. The summed E-state index contributed by atoms with van der Waals surface area (Å²) in [6, 6.07) is 31.2. The van der Waals surface area contributed by atoms with Crippen LogP contribution in [0.3, 0.4) is 0 Å². The molecule has 6 rings (SSSR count). The lowest BCUT2D eigenvalue weighted by Gasteiger charge is -2.40. The molecule has 1 aliphatic rings. The highest BCUT2D eigenvalue weighted by molar-refractivity contribution is 5.97. The lowest BCUT2D eigenvalue weighted by atomic mass is 9.63. The molecule has 0 amide bonds. The molecule has 0 radical (unpaired) electrons. The van der Waals surface area contributed by atoms with Crippen LogP contribution in [0.25, 0.3) is 16.7 Å². The summed E-state index contributed by atoms with van der Waals surface area (Å²) in [6.45, 7) is 6.90. The molecule has 2 heterocycles. The fourth-order valence-corrected chi connectivity index (χ4v) is 6.56. The maximum absolute atomic E-state index is 12.7. The quantitative estimate of drug-likeness (QED) is 0.230. The van der Waals surface area contributed by atoms with E-state index in [9.17, 15) is 9.90 Å². The third-order valence-corrected chi connectivity index (χ3v) is 8.62. The van der Waals surface area contributed by atoms with E-state index in [-0.39, 0.29) is 5.41 Å². The molecule has 0 saturated heterocycles. The Morgan fingerprint density at radius 2 is 1.54 bits per heavy atom. The van der Waals surface area contributed by atoms with Gasteiger partial charge in [0, 0.05) is 23.1 Å². The van der Waals surface area contributed by atoms with Crippen LogP contribution in [0.1, 0.15) is 65.5 Å². The van der Waals surface area contributed by atoms with Gasteiger partial charge in [-0.25, -0.2) is 14.8 Å². The van der Waals surface area contributed by atoms with Gasteiger partial charge < -0.3 is 9.67 Å². The van der Waals surface area contributed by atoms with E-state index < -0.39 is 5.97 Å². The van der Waals surface area contributed by atoms with Crippen molar-refractivity contribution in [2.45, 2.75) is 58.4 Å². The fraction of sp³-hybridized carbons (Fsp3) is 0.250. The Kier molecular flexibility index (Phi) is 7.04. The Labute approximate surface area is 241 Å². The van der Waals surface area contributed by atoms with Gasteiger partial charge in [-0.1, -0.05) is 91.9 Å². The molecule has 0 bridgehead atoms. The summed E-state index contributed by atoms with van der Waals surface area (Å²) in [7, 11) is 0. The lowest BCUT2D eigenvalue weighted by molar-refractivity contribution is -0.133. The van der Waals surface area contributed by atoms with E-state index in [0.29, 0.717) is 25.0 Å². The number of carboxylic acids is 1. The first-order valence-corrected chi connectivity index (χ1v) is 14.4. The number of allylic oxidation sites excluding steroid dienone is 1. The number of carbonyl (C=O) groups is 1. The molecular formula is C36H35N3O2. The van der Waals surface area contributed by atoms with Crippen LogP contribution >= 0.6 is 0 Å². The van der Waals surface area contributed by atoms with Gasteiger partial charge in [-0.3, -0.25) is 0 Å². The zero-order chi connectivity index (χ0) is 28.6. The number of rotatable bonds is 7. The van der Waals surface area contributed by atoms with Crippen LogP contribution in [0.4, 0.5) is 0 Å². The maximum Gasteiger partial charge on any atom is 0.331 e. The largest absolute Gasteiger partial charge is 0.478 e. The number of aliphatic carboxylic acids is 1. The summed E-state index contributed by atoms with van der Waals surface area (Å²) in [5.41, 5.74) is 9.52. The van der Waals surface area contributed by atoms with Gasteiger partial charge in [0.05, 0.1) is 6.54 Å². The molecule has 5 heteroatoms. The van der Waals surface area contributed by atoms with Crippen molar-refractivity contribution in [2.75, 3.05) is 0 Å². The molecular weight excluding hydrogens is 506 g/mol. The molecule has 206 valence electrons. The number of hydrogen-bond donors (Lipinski definition) is 1. The van der Waals surface area contributed by atoms with Gasteiger partial charge in [0.15, 0.2) is 5.65 Å². The van der Waals surface area contributed by atoms with Gasteiger partial charge >= 0.3 is 5.97 Å². The summed E-state index contributed by atoms with van der Waals surface area (Å²) < 4.78 is 2.21. The molecule has 0 spiro atoms. The van der Waals surface area contributed by atoms with Gasteiger partial charge in [-0.05, 0) is 72.6 Å². The van der Waals surface area contributed by atoms with E-state index in [0.717, 1.165) is 68.9 Å². The third kappa shape index (κ3) is 4.86. The normalized spacial score (nSPS) is 14.9. The van der Waals surface area contributed by atoms with Crippen LogP contribution in [-0.2, 0) is 23.2 Å². The molecule has 41 heavy (non-hydrogen) atoms. The number of aromatic nitrogens is 3. The second kappa shape index (κ2) is 10.8. The first-order valence-electron chi connectivity index (χ1n) is 14.4. The highest BCUT2D eigenvalue weighted by atomic mass is 16.4. The van der Waals surface area contributed by atoms with Gasteiger partial charge in [0.2, 0.25) is 0 Å². The summed E-state index contributed by atoms with van der Waals surface area (Å²) in [5, 5.41) is 10.4. The maximum atomic E-state index is 12.7. The van der Waals surface area contributed by atoms with Crippen molar-refractivity contribution in [3.8, 4) is 0 Å². The van der Waals surface area contributed by atoms with Crippen LogP contribution < -0.4 is 0 Å². The molecule has 1 aliphatic carbocycles. The molecule has 2 aromatic heterocycles. The minimum Gasteiger partial charge on any atom is -0.478 e. The number of aryl methyl sites for hydroxylation is 3. The first kappa shape index (κ1) is 26.7. The molecule has 0 aliphatic heterocycles. The predicted octanol–water partition coefficient (Wildman–Crippen LogP) is 7.67. The highest BCUT2D eigenvalue weighted by Crippen LogP contribution is 2.49. The van der Waals surface area contributed by atoms with E-state index in [1.807, 2.05) is 43.3 Å². The number of pyridine rings is 1. The van der Waals surface area contributed by atoms with E-state index in [1.54, 1.807) is 0 Å². The van der Waals surface area contributed by atoms with Crippen LogP contribution in [0.2, 0.25) is 0 Å². The van der Waals surface area contributed by atoms with Crippen molar-refractivity contribution < 1.29 is 9.90 Å². The van der Waals surface area contributed by atoms with Crippen molar-refractivity contribution in [1.29, 1.82) is 0 Å². The van der Waals surface area contributed by atoms with Crippen molar-refractivity contribution >= 4 is 22.7 Å². The fourth-order valence-electron chi connectivity index (χ4n) is 6.56. The molecule has 1 N–H and O–H groups in total.